The van der Waals surface area contributed by atoms with E-state index in [9.17, 15) is 10.1 Å². The summed E-state index contributed by atoms with van der Waals surface area (Å²) < 4.78 is 6.25. The van der Waals surface area contributed by atoms with Gasteiger partial charge in [-0.05, 0) is 18.6 Å². The molecule has 114 valence electrons. The number of ether oxygens (including phenoxy) is 1. The number of allylic oxidation sites excluding steroid dienone is 1. The summed E-state index contributed by atoms with van der Waals surface area (Å²) in [6, 6.07) is 13.3. The fraction of sp³-hybridized carbons (Fsp3) is 0.176. The quantitative estimate of drug-likeness (QED) is 0.426. The van der Waals surface area contributed by atoms with Gasteiger partial charge in [0.15, 0.2) is 0 Å². The molecule has 0 amide bonds. The van der Waals surface area contributed by atoms with E-state index in [1.165, 1.54) is 6.07 Å². The molecule has 0 fully saturated rings. The molecule has 0 N–H and O–H groups in total. The third kappa shape index (κ3) is 3.36. The number of halogens is 1. The summed E-state index contributed by atoms with van der Waals surface area (Å²) in [5.41, 5.74) is 1.99. The molecule has 2 aromatic carbocycles. The van der Waals surface area contributed by atoms with E-state index >= 15 is 0 Å². The van der Waals surface area contributed by atoms with Crippen LogP contribution in [-0.4, -0.2) is 11.5 Å². The van der Waals surface area contributed by atoms with E-state index in [4.69, 9.17) is 4.74 Å². The van der Waals surface area contributed by atoms with Crippen molar-refractivity contribution in [2.24, 2.45) is 0 Å². The van der Waals surface area contributed by atoms with Crippen molar-refractivity contribution in [3.8, 4) is 5.75 Å². The lowest BCUT2D eigenvalue weighted by atomic mass is 9.93. The summed E-state index contributed by atoms with van der Waals surface area (Å²) in [5.74, 6) is 0.439. The van der Waals surface area contributed by atoms with E-state index in [0.717, 1.165) is 11.1 Å². The van der Waals surface area contributed by atoms with Gasteiger partial charge in [-0.2, -0.15) is 0 Å². The van der Waals surface area contributed by atoms with Gasteiger partial charge < -0.3 is 4.74 Å². The number of fused-ring (bicyclic) bond motifs is 1. The van der Waals surface area contributed by atoms with Crippen molar-refractivity contribution >= 4 is 21.6 Å². The highest BCUT2D eigenvalue weighted by Gasteiger charge is 2.32. The van der Waals surface area contributed by atoms with Gasteiger partial charge in [0.1, 0.15) is 0 Å². The number of nitro groups is 1. The number of hydrogen-bond donors (Lipinski definition) is 0. The van der Waals surface area contributed by atoms with Gasteiger partial charge in [-0.3, -0.25) is 10.1 Å². The Morgan fingerprint density at radius 2 is 2.00 bits per heavy atom. The first-order chi connectivity index (χ1) is 10.6. The van der Waals surface area contributed by atoms with Crippen LogP contribution in [0.5, 0.6) is 5.75 Å². The molecule has 0 saturated heterocycles. The van der Waals surface area contributed by atoms with Gasteiger partial charge in [0.2, 0.25) is 5.75 Å². The molecule has 0 radical (unpaired) electrons. The van der Waals surface area contributed by atoms with E-state index in [2.05, 4.69) is 22.5 Å². The molecule has 1 aliphatic heterocycles. The SMILES string of the molecule is C=CC.O=[N+]([O-])c1cc(Br)cc2c1OCC2c1ccccc1. The molecule has 0 aromatic heterocycles. The van der Waals surface area contributed by atoms with Gasteiger partial charge in [0.25, 0.3) is 0 Å². The van der Waals surface area contributed by atoms with Crippen LogP contribution in [0.3, 0.4) is 0 Å². The van der Waals surface area contributed by atoms with Crippen LogP contribution in [0.1, 0.15) is 24.0 Å². The molecule has 2 aromatic rings. The number of hydrogen-bond acceptors (Lipinski definition) is 3. The minimum Gasteiger partial charge on any atom is -0.486 e. The van der Waals surface area contributed by atoms with Crippen LogP contribution in [-0.2, 0) is 0 Å². The fourth-order valence-electron chi connectivity index (χ4n) is 2.37. The third-order valence-corrected chi connectivity index (χ3v) is 3.69. The highest BCUT2D eigenvalue weighted by Crippen LogP contribution is 2.45. The average molecular weight is 362 g/mol. The van der Waals surface area contributed by atoms with Crippen molar-refractivity contribution < 1.29 is 9.66 Å². The zero-order valence-corrected chi connectivity index (χ0v) is 13.7. The highest BCUT2D eigenvalue weighted by molar-refractivity contribution is 9.10. The largest absolute Gasteiger partial charge is 0.486 e. The maximum absolute atomic E-state index is 11.1. The van der Waals surface area contributed by atoms with Crippen molar-refractivity contribution in [2.75, 3.05) is 6.61 Å². The monoisotopic (exact) mass is 361 g/mol. The van der Waals surface area contributed by atoms with Crippen LogP contribution < -0.4 is 4.74 Å². The Morgan fingerprint density at radius 1 is 1.36 bits per heavy atom. The second kappa shape index (κ2) is 7.22. The smallest absolute Gasteiger partial charge is 0.312 e. The van der Waals surface area contributed by atoms with Crippen molar-refractivity contribution in [1.29, 1.82) is 0 Å². The Morgan fingerprint density at radius 3 is 2.59 bits per heavy atom. The molecule has 0 aliphatic carbocycles. The summed E-state index contributed by atoms with van der Waals surface area (Å²) in [5, 5.41) is 11.1. The lowest BCUT2D eigenvalue weighted by Gasteiger charge is -2.09. The molecule has 1 unspecified atom stereocenters. The van der Waals surface area contributed by atoms with Crippen LogP contribution in [0, 0.1) is 10.1 Å². The fourth-order valence-corrected chi connectivity index (χ4v) is 2.83. The standard InChI is InChI=1S/C14H10BrNO3.C3H6/c15-10-6-11-12(9-4-2-1-3-5-9)8-19-14(11)13(7-10)16(17)18;1-3-2/h1-7,12H,8H2;3H,1H2,2H3. The summed E-state index contributed by atoms with van der Waals surface area (Å²) in [6.45, 7) is 5.69. The number of rotatable bonds is 2. The van der Waals surface area contributed by atoms with Crippen LogP contribution in [0.2, 0.25) is 0 Å². The zero-order chi connectivity index (χ0) is 16.1. The van der Waals surface area contributed by atoms with Crippen LogP contribution in [0.15, 0.2) is 59.6 Å². The van der Waals surface area contributed by atoms with E-state index in [-0.39, 0.29) is 11.6 Å². The van der Waals surface area contributed by atoms with Gasteiger partial charge in [-0.25, -0.2) is 0 Å². The first-order valence-electron chi connectivity index (χ1n) is 6.81. The average Bonchev–Trinajstić information content (AvgIpc) is 2.91. The molecule has 3 rings (SSSR count). The van der Waals surface area contributed by atoms with Gasteiger partial charge in [0, 0.05) is 22.0 Å². The van der Waals surface area contributed by atoms with Gasteiger partial charge in [0.05, 0.1) is 11.5 Å². The first kappa shape index (κ1) is 16.2. The molecule has 4 nitrogen and oxygen atoms in total. The van der Waals surface area contributed by atoms with Gasteiger partial charge in [-0.15, -0.1) is 6.58 Å². The Bertz CT molecular complexity index is 686. The molecular weight excluding hydrogens is 346 g/mol. The first-order valence-corrected chi connectivity index (χ1v) is 7.60. The minimum absolute atomic E-state index is 0.0165. The normalized spacial score (nSPS) is 15.1. The van der Waals surface area contributed by atoms with Crippen molar-refractivity contribution in [2.45, 2.75) is 12.8 Å². The van der Waals surface area contributed by atoms with Crippen molar-refractivity contribution in [3.05, 3.63) is 80.8 Å². The van der Waals surface area contributed by atoms with E-state index in [1.54, 1.807) is 6.08 Å². The molecule has 0 saturated carbocycles. The Balaban J connectivity index is 0.000000545. The summed E-state index contributed by atoms with van der Waals surface area (Å²) in [4.78, 5) is 10.7. The van der Waals surface area contributed by atoms with Gasteiger partial charge >= 0.3 is 5.69 Å². The minimum atomic E-state index is -0.406. The Kier molecular flexibility index (Phi) is 5.33. The lowest BCUT2D eigenvalue weighted by Crippen LogP contribution is -2.01. The second-order valence-corrected chi connectivity index (χ2v) is 5.70. The number of benzene rings is 2. The maximum atomic E-state index is 11.1. The predicted octanol–water partition coefficient (Wildman–Crippen LogP) is 5.07. The Labute approximate surface area is 137 Å². The molecule has 1 atom stereocenters. The zero-order valence-electron chi connectivity index (χ0n) is 12.2. The third-order valence-electron chi connectivity index (χ3n) is 3.23. The Hall–Kier alpha value is -2.14. The number of nitro benzene ring substituents is 1. The van der Waals surface area contributed by atoms with Crippen LogP contribution in [0.25, 0.3) is 0 Å². The van der Waals surface area contributed by atoms with E-state index < -0.39 is 4.92 Å². The van der Waals surface area contributed by atoms with E-state index in [0.29, 0.717) is 16.8 Å². The van der Waals surface area contributed by atoms with Crippen LogP contribution in [0.4, 0.5) is 5.69 Å². The molecule has 0 spiro atoms. The molecule has 5 heteroatoms. The highest BCUT2D eigenvalue weighted by atomic mass is 79.9. The molecular formula is C17H16BrNO3. The molecule has 22 heavy (non-hydrogen) atoms. The second-order valence-electron chi connectivity index (χ2n) is 4.78. The van der Waals surface area contributed by atoms with Gasteiger partial charge in [-0.1, -0.05) is 52.3 Å². The molecule has 1 heterocycles. The summed E-state index contributed by atoms with van der Waals surface area (Å²) in [6.07, 6.45) is 1.75. The topological polar surface area (TPSA) is 52.4 Å². The molecule has 1 aliphatic rings. The lowest BCUT2D eigenvalue weighted by molar-refractivity contribution is -0.385. The van der Waals surface area contributed by atoms with Crippen molar-refractivity contribution in [1.82, 2.24) is 0 Å². The summed E-state index contributed by atoms with van der Waals surface area (Å²) in [7, 11) is 0. The summed E-state index contributed by atoms with van der Waals surface area (Å²) >= 11 is 3.32. The number of nitrogens with zero attached hydrogens (tertiary/aromatic N) is 1. The van der Waals surface area contributed by atoms with Crippen molar-refractivity contribution in [3.63, 3.8) is 0 Å². The molecule has 0 bridgehead atoms. The maximum Gasteiger partial charge on any atom is 0.312 e. The van der Waals surface area contributed by atoms with Crippen LogP contribution >= 0.6 is 15.9 Å². The predicted molar refractivity (Wildman–Crippen MR) is 90.4 cm³/mol. The van der Waals surface area contributed by atoms with E-state index in [1.807, 2.05) is 43.3 Å².